The molecule has 0 aliphatic carbocycles. The Morgan fingerprint density at radius 2 is 1.57 bits per heavy atom. The number of carboxylic acid groups (broad SMARTS) is 2. The van der Waals surface area contributed by atoms with E-state index >= 15 is 0 Å². The van der Waals surface area contributed by atoms with E-state index in [2.05, 4.69) is 6.92 Å². The van der Waals surface area contributed by atoms with Gasteiger partial charge in [-0.1, -0.05) is 63.6 Å². The predicted molar refractivity (Wildman–Crippen MR) is 104 cm³/mol. The average Bonchev–Trinajstić information content (AvgIpc) is 2.67. The fourth-order valence-electron chi connectivity index (χ4n) is 3.09. The normalized spacial score (nSPS) is 15.4. The molecule has 0 aromatic heterocycles. The number of rotatable bonds is 15. The molecular weight excluding hydrogens is 364 g/mol. The van der Waals surface area contributed by atoms with Gasteiger partial charge < -0.3 is 25.2 Å². The van der Waals surface area contributed by atoms with Crippen LogP contribution in [0.5, 0.6) is 5.75 Å². The van der Waals surface area contributed by atoms with Crippen molar-refractivity contribution in [2.24, 2.45) is 0 Å². The smallest absolute Gasteiger partial charge is 0.339 e. The summed E-state index contributed by atoms with van der Waals surface area (Å²) < 4.78 is 5.81. The maximum atomic E-state index is 11.5. The van der Waals surface area contributed by atoms with Crippen molar-refractivity contribution in [3.63, 3.8) is 0 Å². The van der Waals surface area contributed by atoms with Crippen molar-refractivity contribution in [3.8, 4) is 5.75 Å². The van der Waals surface area contributed by atoms with Crippen LogP contribution in [0.25, 0.3) is 0 Å². The van der Waals surface area contributed by atoms with E-state index in [1.807, 2.05) is 0 Å². The van der Waals surface area contributed by atoms with Gasteiger partial charge >= 0.3 is 11.9 Å². The topological polar surface area (TPSA) is 124 Å². The minimum Gasteiger partial charge on any atom is -0.490 e. The van der Waals surface area contributed by atoms with Crippen LogP contribution in [0.15, 0.2) is 30.3 Å². The quantitative estimate of drug-likeness (QED) is 0.336. The Kier molecular flexibility index (Phi) is 10.6. The van der Waals surface area contributed by atoms with Gasteiger partial charge in [-0.3, -0.25) is 0 Å². The summed E-state index contributed by atoms with van der Waals surface area (Å²) in [6.07, 6.45) is 4.18. The molecule has 0 bridgehead atoms. The monoisotopic (exact) mass is 396 g/mol. The van der Waals surface area contributed by atoms with Crippen LogP contribution in [0, 0.1) is 0 Å². The second-order valence-corrected chi connectivity index (χ2v) is 7.14. The van der Waals surface area contributed by atoms with Crippen molar-refractivity contribution in [1.82, 2.24) is 0 Å². The molecule has 3 atom stereocenters. The van der Waals surface area contributed by atoms with Crippen molar-refractivity contribution >= 4 is 11.9 Å². The molecule has 0 fully saturated rings. The van der Waals surface area contributed by atoms with Gasteiger partial charge in [0.25, 0.3) is 0 Å². The second-order valence-electron chi connectivity index (χ2n) is 7.14. The molecule has 158 valence electrons. The lowest BCUT2D eigenvalue weighted by Gasteiger charge is -2.30. The summed E-state index contributed by atoms with van der Waals surface area (Å²) in [4.78, 5) is 22.6. The van der Waals surface area contributed by atoms with Crippen LogP contribution in [0.3, 0.4) is 0 Å². The van der Waals surface area contributed by atoms with E-state index in [1.54, 1.807) is 30.3 Å². The molecule has 0 radical (unpaired) electrons. The van der Waals surface area contributed by atoms with Crippen LogP contribution in [-0.4, -0.2) is 50.2 Å². The number of para-hydroxylation sites is 1. The number of ether oxygens (including phenoxy) is 1. The van der Waals surface area contributed by atoms with Gasteiger partial charge in [0.15, 0.2) is 6.10 Å². The fourth-order valence-corrected chi connectivity index (χ4v) is 3.09. The Hall–Kier alpha value is -2.12. The summed E-state index contributed by atoms with van der Waals surface area (Å²) in [5, 5.41) is 38.4. The van der Waals surface area contributed by atoms with Crippen LogP contribution in [0.2, 0.25) is 0 Å². The highest BCUT2D eigenvalue weighted by atomic mass is 16.5. The lowest BCUT2D eigenvalue weighted by molar-refractivity contribution is -0.187. The molecule has 1 aromatic carbocycles. The largest absolute Gasteiger partial charge is 0.490 e. The number of aliphatic hydroxyl groups excluding tert-OH is 1. The van der Waals surface area contributed by atoms with Gasteiger partial charge in [0.2, 0.25) is 5.60 Å². The first-order valence-electron chi connectivity index (χ1n) is 9.89. The molecule has 7 heteroatoms. The van der Waals surface area contributed by atoms with Crippen molar-refractivity contribution < 1.29 is 34.8 Å². The first-order valence-corrected chi connectivity index (χ1v) is 9.89. The lowest BCUT2D eigenvalue weighted by Crippen LogP contribution is -2.55. The van der Waals surface area contributed by atoms with E-state index < -0.39 is 36.2 Å². The van der Waals surface area contributed by atoms with Gasteiger partial charge in [0.05, 0.1) is 0 Å². The Labute approximate surface area is 166 Å². The zero-order valence-electron chi connectivity index (χ0n) is 16.4. The molecule has 0 spiro atoms. The van der Waals surface area contributed by atoms with Crippen molar-refractivity contribution in [2.45, 2.75) is 82.5 Å². The summed E-state index contributed by atoms with van der Waals surface area (Å²) in [6, 6.07) is 8.72. The maximum absolute atomic E-state index is 11.5. The van der Waals surface area contributed by atoms with E-state index in [0.29, 0.717) is 12.2 Å². The fraction of sp³-hybridized carbons (Fsp3) is 0.619. The molecule has 3 unspecified atom stereocenters. The Morgan fingerprint density at radius 3 is 2.11 bits per heavy atom. The molecule has 4 N–H and O–H groups in total. The molecule has 0 heterocycles. The number of carbonyl (C=O) groups is 2. The Bertz CT molecular complexity index is 590. The van der Waals surface area contributed by atoms with Crippen LogP contribution in [0.4, 0.5) is 0 Å². The summed E-state index contributed by atoms with van der Waals surface area (Å²) in [6.45, 7) is 2.15. The molecule has 0 amide bonds. The van der Waals surface area contributed by atoms with Crippen LogP contribution >= 0.6 is 0 Å². The molecule has 7 nitrogen and oxygen atoms in total. The highest BCUT2D eigenvalue weighted by Gasteiger charge is 2.49. The molecule has 0 saturated heterocycles. The highest BCUT2D eigenvalue weighted by Crippen LogP contribution is 2.26. The molecule has 1 rings (SSSR count). The number of unbranched alkanes of at least 4 members (excludes halogenated alkanes) is 6. The van der Waals surface area contributed by atoms with Gasteiger partial charge in [0.1, 0.15) is 11.9 Å². The number of carboxylic acids is 2. The number of hydrogen-bond donors (Lipinski definition) is 4. The molecule has 0 aliphatic rings. The van der Waals surface area contributed by atoms with Gasteiger partial charge in [-0.15, -0.1) is 0 Å². The van der Waals surface area contributed by atoms with Gasteiger partial charge in [0, 0.05) is 6.42 Å². The second kappa shape index (κ2) is 12.4. The third kappa shape index (κ3) is 7.86. The van der Waals surface area contributed by atoms with Crippen LogP contribution < -0.4 is 4.74 Å². The molecule has 0 saturated carbocycles. The summed E-state index contributed by atoms with van der Waals surface area (Å²) in [5.74, 6) is -3.09. The van der Waals surface area contributed by atoms with E-state index in [9.17, 15) is 24.9 Å². The molecule has 28 heavy (non-hydrogen) atoms. The number of benzene rings is 1. The zero-order valence-corrected chi connectivity index (χ0v) is 16.4. The van der Waals surface area contributed by atoms with E-state index in [4.69, 9.17) is 9.84 Å². The Morgan fingerprint density at radius 1 is 1.00 bits per heavy atom. The Balaban J connectivity index is 2.76. The van der Waals surface area contributed by atoms with Gasteiger partial charge in [-0.25, -0.2) is 9.59 Å². The first kappa shape index (κ1) is 23.9. The van der Waals surface area contributed by atoms with Crippen molar-refractivity contribution in [1.29, 1.82) is 0 Å². The van der Waals surface area contributed by atoms with E-state index in [1.165, 1.54) is 19.3 Å². The third-order valence-corrected chi connectivity index (χ3v) is 4.77. The lowest BCUT2D eigenvalue weighted by atomic mass is 9.88. The molecule has 0 aliphatic heterocycles. The summed E-state index contributed by atoms with van der Waals surface area (Å²) in [5.41, 5.74) is -2.83. The SMILES string of the molecule is CCCCCCCCCC(CC(O)(C(=O)O)C(O)C(=O)O)Oc1ccccc1. The van der Waals surface area contributed by atoms with Crippen LogP contribution in [-0.2, 0) is 9.59 Å². The minimum atomic E-state index is -2.83. The van der Waals surface area contributed by atoms with Crippen molar-refractivity contribution in [3.05, 3.63) is 30.3 Å². The van der Waals surface area contributed by atoms with Crippen LogP contribution in [0.1, 0.15) is 64.7 Å². The number of aliphatic carboxylic acids is 2. The van der Waals surface area contributed by atoms with E-state index in [-0.39, 0.29) is 0 Å². The number of hydrogen-bond acceptors (Lipinski definition) is 5. The molecular formula is C21H32O7. The average molecular weight is 396 g/mol. The highest BCUT2D eigenvalue weighted by molar-refractivity contribution is 5.87. The zero-order chi connectivity index (χ0) is 21.0. The predicted octanol–water partition coefficient (Wildman–Crippen LogP) is 3.23. The maximum Gasteiger partial charge on any atom is 0.339 e. The van der Waals surface area contributed by atoms with Gasteiger partial charge in [-0.05, 0) is 25.0 Å². The minimum absolute atomic E-state index is 0.449. The standard InChI is InChI=1S/C21H32O7/c1-2-3-4-5-6-7-9-14-17(28-16-12-10-8-11-13-16)15-21(27,20(25)26)18(22)19(23)24/h8,10-13,17-18,22,27H,2-7,9,14-15H2,1H3,(H,23,24)(H,25,26). The third-order valence-electron chi connectivity index (χ3n) is 4.77. The summed E-state index contributed by atoms with van der Waals surface area (Å²) >= 11 is 0. The van der Waals surface area contributed by atoms with E-state index in [0.717, 1.165) is 25.7 Å². The van der Waals surface area contributed by atoms with Gasteiger partial charge in [-0.2, -0.15) is 0 Å². The first-order chi connectivity index (χ1) is 13.3. The summed E-state index contributed by atoms with van der Waals surface area (Å²) in [7, 11) is 0. The number of aliphatic hydroxyl groups is 2. The van der Waals surface area contributed by atoms with Crippen molar-refractivity contribution in [2.75, 3.05) is 0 Å². The molecule has 1 aromatic rings.